The van der Waals surface area contributed by atoms with E-state index in [9.17, 15) is 9.90 Å². The van der Waals surface area contributed by atoms with E-state index in [2.05, 4.69) is 19.9 Å². The Morgan fingerprint density at radius 1 is 1.17 bits per heavy atom. The van der Waals surface area contributed by atoms with Gasteiger partial charge in [-0.15, -0.1) is 0 Å². The molecule has 2 nitrogen and oxygen atoms in total. The van der Waals surface area contributed by atoms with Gasteiger partial charge in [0.1, 0.15) is 0 Å². The highest BCUT2D eigenvalue weighted by molar-refractivity contribution is 5.91. The van der Waals surface area contributed by atoms with Gasteiger partial charge in [0.2, 0.25) is 0 Å². The van der Waals surface area contributed by atoms with Gasteiger partial charge in [0, 0.05) is 11.8 Å². The number of allylic oxidation sites excluding steroid dienone is 2. The average Bonchev–Trinajstić information content (AvgIpc) is 2.90. The van der Waals surface area contributed by atoms with Crippen LogP contribution in [0.15, 0.2) is 23.3 Å². The Kier molecular flexibility index (Phi) is 3.61. The van der Waals surface area contributed by atoms with E-state index in [-0.39, 0.29) is 17.8 Å². The maximum Gasteiger partial charge on any atom is 0.155 e. The first kappa shape index (κ1) is 15.6. The molecule has 0 aromatic carbocycles. The number of carbonyl (C=O) groups excluding carboxylic acids is 1. The molecule has 0 bridgehead atoms. The van der Waals surface area contributed by atoms with Gasteiger partial charge in [0.15, 0.2) is 5.78 Å². The first-order chi connectivity index (χ1) is 11.0. The van der Waals surface area contributed by atoms with Crippen molar-refractivity contribution in [3.8, 4) is 0 Å². The molecule has 23 heavy (non-hydrogen) atoms. The van der Waals surface area contributed by atoms with Crippen molar-refractivity contribution in [1.82, 2.24) is 0 Å². The van der Waals surface area contributed by atoms with Crippen molar-refractivity contribution in [2.75, 3.05) is 6.61 Å². The topological polar surface area (TPSA) is 37.3 Å². The van der Waals surface area contributed by atoms with Crippen LogP contribution in [0.1, 0.15) is 65.2 Å². The molecule has 4 aliphatic rings. The summed E-state index contributed by atoms with van der Waals surface area (Å²) in [5.41, 5.74) is 3.29. The predicted molar refractivity (Wildman–Crippen MR) is 91.9 cm³/mol. The third-order valence-corrected chi connectivity index (χ3v) is 8.16. The molecule has 3 unspecified atom stereocenters. The van der Waals surface area contributed by atoms with Crippen LogP contribution in [0.4, 0.5) is 0 Å². The summed E-state index contributed by atoms with van der Waals surface area (Å²) in [6.45, 7) is 4.95. The lowest BCUT2D eigenvalue weighted by Gasteiger charge is -2.58. The zero-order valence-electron chi connectivity index (χ0n) is 14.6. The molecule has 0 aromatic heterocycles. The van der Waals surface area contributed by atoms with Crippen LogP contribution in [0.3, 0.4) is 0 Å². The second kappa shape index (κ2) is 5.31. The van der Waals surface area contributed by atoms with E-state index in [4.69, 9.17) is 0 Å². The Balaban J connectivity index is 1.72. The summed E-state index contributed by atoms with van der Waals surface area (Å²) < 4.78 is 0. The fraction of sp³-hybridized carbons (Fsp3) is 0.762. The molecule has 126 valence electrons. The quantitative estimate of drug-likeness (QED) is 0.727. The minimum Gasteiger partial charge on any atom is -0.395 e. The minimum absolute atomic E-state index is 0.0726. The number of hydrogen-bond acceptors (Lipinski definition) is 2. The molecule has 3 saturated carbocycles. The minimum atomic E-state index is -0.0726. The smallest absolute Gasteiger partial charge is 0.155 e. The van der Waals surface area contributed by atoms with E-state index in [0.29, 0.717) is 17.8 Å². The van der Waals surface area contributed by atoms with Gasteiger partial charge in [-0.05, 0) is 81.1 Å². The van der Waals surface area contributed by atoms with Gasteiger partial charge in [-0.1, -0.05) is 24.1 Å². The molecule has 3 fully saturated rings. The van der Waals surface area contributed by atoms with Gasteiger partial charge in [0.25, 0.3) is 0 Å². The Morgan fingerprint density at radius 2 is 2.00 bits per heavy atom. The second-order valence-corrected chi connectivity index (χ2v) is 8.67. The van der Waals surface area contributed by atoms with E-state index in [0.717, 1.165) is 24.7 Å². The van der Waals surface area contributed by atoms with Crippen molar-refractivity contribution in [1.29, 1.82) is 0 Å². The SMILES string of the molecule is CC=C1CCC2C3CCC4=CC(=O)CC[C@]4(CO)C3CC[C@]12C. The Morgan fingerprint density at radius 3 is 2.74 bits per heavy atom. The summed E-state index contributed by atoms with van der Waals surface area (Å²) in [6, 6.07) is 0. The molecule has 5 atom stereocenters. The molecule has 0 aromatic rings. The number of rotatable bonds is 1. The van der Waals surface area contributed by atoms with Crippen LogP contribution in [0.25, 0.3) is 0 Å². The summed E-state index contributed by atoms with van der Waals surface area (Å²) in [5.74, 6) is 2.40. The molecular weight excluding hydrogens is 284 g/mol. The highest BCUT2D eigenvalue weighted by atomic mass is 16.3. The highest BCUT2D eigenvalue weighted by Crippen LogP contribution is 2.66. The van der Waals surface area contributed by atoms with Crippen molar-refractivity contribution in [2.45, 2.75) is 65.2 Å². The fourth-order valence-corrected chi connectivity index (χ4v) is 6.98. The van der Waals surface area contributed by atoms with E-state index in [1.54, 1.807) is 5.57 Å². The molecule has 0 aliphatic heterocycles. The first-order valence-corrected chi connectivity index (χ1v) is 9.55. The third kappa shape index (κ3) is 2.00. The lowest BCUT2D eigenvalue weighted by molar-refractivity contribution is -0.118. The van der Waals surface area contributed by atoms with E-state index in [1.165, 1.54) is 37.7 Å². The van der Waals surface area contributed by atoms with Crippen molar-refractivity contribution in [2.24, 2.45) is 28.6 Å². The number of aliphatic hydroxyl groups is 1. The first-order valence-electron chi connectivity index (χ1n) is 9.55. The summed E-state index contributed by atoms with van der Waals surface area (Å²) in [5, 5.41) is 10.3. The molecular formula is C21H30O2. The normalized spacial score (nSPS) is 47.8. The van der Waals surface area contributed by atoms with E-state index < -0.39 is 0 Å². The Bertz CT molecular complexity index is 587. The molecule has 0 radical (unpaired) electrons. The molecule has 0 heterocycles. The van der Waals surface area contributed by atoms with Crippen LogP contribution in [0, 0.1) is 28.6 Å². The number of fused-ring (bicyclic) bond motifs is 5. The zero-order valence-corrected chi connectivity index (χ0v) is 14.6. The van der Waals surface area contributed by atoms with E-state index >= 15 is 0 Å². The molecule has 0 spiro atoms. The lowest BCUT2D eigenvalue weighted by atomic mass is 9.47. The van der Waals surface area contributed by atoms with Crippen molar-refractivity contribution in [3.05, 3.63) is 23.3 Å². The van der Waals surface area contributed by atoms with Crippen molar-refractivity contribution >= 4 is 5.78 Å². The highest BCUT2D eigenvalue weighted by Gasteiger charge is 2.58. The van der Waals surface area contributed by atoms with Gasteiger partial charge in [-0.25, -0.2) is 0 Å². The average molecular weight is 314 g/mol. The monoisotopic (exact) mass is 314 g/mol. The van der Waals surface area contributed by atoms with Gasteiger partial charge in [-0.2, -0.15) is 0 Å². The summed E-state index contributed by atoms with van der Waals surface area (Å²) in [7, 11) is 0. The molecule has 1 N–H and O–H groups in total. The number of hydrogen-bond donors (Lipinski definition) is 1. The molecule has 4 rings (SSSR count). The van der Waals surface area contributed by atoms with Crippen LogP contribution < -0.4 is 0 Å². The molecule has 4 aliphatic carbocycles. The molecule has 0 saturated heterocycles. The lowest BCUT2D eigenvalue weighted by Crippen LogP contribution is -2.52. The number of carbonyl (C=O) groups is 1. The summed E-state index contributed by atoms with van der Waals surface area (Å²) >= 11 is 0. The van der Waals surface area contributed by atoms with Gasteiger partial charge in [-0.3, -0.25) is 4.79 Å². The van der Waals surface area contributed by atoms with Gasteiger partial charge < -0.3 is 5.11 Å². The molecule has 0 amide bonds. The summed E-state index contributed by atoms with van der Waals surface area (Å²) in [4.78, 5) is 11.9. The largest absolute Gasteiger partial charge is 0.395 e. The standard InChI is InChI=1S/C21H30O2/c1-3-14-5-7-18-17-6-4-15-12-16(23)8-11-21(15,13-22)19(17)9-10-20(14,18)2/h3,12,17-19,22H,4-11,13H2,1-2H3/t17?,18?,19?,20-,21-/m1/s1. The Hall–Kier alpha value is -0.890. The van der Waals surface area contributed by atoms with Crippen LogP contribution in [-0.2, 0) is 4.79 Å². The van der Waals surface area contributed by atoms with E-state index in [1.807, 2.05) is 6.08 Å². The maximum atomic E-state index is 11.9. The number of ketones is 1. The van der Waals surface area contributed by atoms with Crippen molar-refractivity contribution < 1.29 is 9.90 Å². The molecule has 2 heteroatoms. The number of aliphatic hydroxyl groups excluding tert-OH is 1. The maximum absolute atomic E-state index is 11.9. The van der Waals surface area contributed by atoms with Gasteiger partial charge in [0.05, 0.1) is 6.61 Å². The van der Waals surface area contributed by atoms with Crippen molar-refractivity contribution in [3.63, 3.8) is 0 Å². The van der Waals surface area contributed by atoms with Crippen LogP contribution >= 0.6 is 0 Å². The van der Waals surface area contributed by atoms with Crippen LogP contribution in [0.5, 0.6) is 0 Å². The summed E-state index contributed by atoms with van der Waals surface area (Å²) in [6.07, 6.45) is 13.1. The second-order valence-electron chi connectivity index (χ2n) is 8.67. The fourth-order valence-electron chi connectivity index (χ4n) is 6.98. The zero-order chi connectivity index (χ0) is 16.2. The van der Waals surface area contributed by atoms with Crippen LogP contribution in [0.2, 0.25) is 0 Å². The predicted octanol–water partition coefficient (Wildman–Crippen LogP) is 4.44. The van der Waals surface area contributed by atoms with Gasteiger partial charge >= 0.3 is 0 Å². The van der Waals surface area contributed by atoms with Crippen LogP contribution in [-0.4, -0.2) is 17.5 Å². The third-order valence-electron chi connectivity index (χ3n) is 8.16. The Labute approximate surface area is 140 Å².